The van der Waals surface area contributed by atoms with Gasteiger partial charge in [0, 0.05) is 5.56 Å². The Labute approximate surface area is 158 Å². The molecule has 0 radical (unpaired) electrons. The lowest BCUT2D eigenvalue weighted by atomic mass is 9.92. The summed E-state index contributed by atoms with van der Waals surface area (Å²) in [7, 11) is 1.64. The van der Waals surface area contributed by atoms with Gasteiger partial charge in [0.25, 0.3) is 0 Å². The van der Waals surface area contributed by atoms with Crippen molar-refractivity contribution in [1.29, 1.82) is 0 Å². The monoisotopic (exact) mass is 362 g/mol. The van der Waals surface area contributed by atoms with Crippen LogP contribution in [0, 0.1) is 0 Å². The van der Waals surface area contributed by atoms with Gasteiger partial charge >= 0.3 is 0 Å². The molecule has 138 valence electrons. The summed E-state index contributed by atoms with van der Waals surface area (Å²) in [4.78, 5) is 0. The Kier molecular flexibility index (Phi) is 4.99. The highest BCUT2D eigenvalue weighted by atomic mass is 16.5. The zero-order chi connectivity index (χ0) is 18.6. The maximum absolute atomic E-state index is 10.00. The molecule has 3 aromatic carbocycles. The van der Waals surface area contributed by atoms with E-state index in [1.165, 1.54) is 0 Å². The number of ether oxygens (including phenoxy) is 3. The standard InChI is InChI=1S/C23H22O4/c1-25-18-9-7-17(8-10-18)23-21(14-24)20-13-19(11-12-22(20)27-23)26-15-16-5-3-2-4-6-16/h2-13,21,23-24H,14-15H2,1H3/t21-,23+/m1/s1. The van der Waals surface area contributed by atoms with E-state index in [9.17, 15) is 5.11 Å². The summed E-state index contributed by atoms with van der Waals surface area (Å²) in [5.74, 6) is 2.23. The molecular weight excluding hydrogens is 340 g/mol. The first-order chi connectivity index (χ1) is 13.3. The third-order valence-corrected chi connectivity index (χ3v) is 4.89. The lowest BCUT2D eigenvalue weighted by molar-refractivity contribution is 0.160. The van der Waals surface area contributed by atoms with E-state index in [-0.39, 0.29) is 18.6 Å². The fraction of sp³-hybridized carbons (Fsp3) is 0.217. The summed E-state index contributed by atoms with van der Waals surface area (Å²) in [5, 5.41) is 10.00. The van der Waals surface area contributed by atoms with Crippen LogP contribution in [0.3, 0.4) is 0 Å². The summed E-state index contributed by atoms with van der Waals surface area (Å²) in [6, 6.07) is 23.6. The van der Waals surface area contributed by atoms with Gasteiger partial charge in [0.15, 0.2) is 0 Å². The molecule has 0 saturated carbocycles. The van der Waals surface area contributed by atoms with Crippen LogP contribution in [-0.4, -0.2) is 18.8 Å². The fourth-order valence-electron chi connectivity index (χ4n) is 3.42. The Morgan fingerprint density at radius 3 is 2.37 bits per heavy atom. The highest BCUT2D eigenvalue weighted by molar-refractivity contribution is 5.48. The van der Waals surface area contributed by atoms with E-state index in [1.54, 1.807) is 7.11 Å². The molecule has 4 heteroatoms. The number of hydrogen-bond acceptors (Lipinski definition) is 4. The lowest BCUT2D eigenvalue weighted by Gasteiger charge is -2.18. The van der Waals surface area contributed by atoms with Crippen LogP contribution in [0.2, 0.25) is 0 Å². The quantitative estimate of drug-likeness (QED) is 0.702. The third kappa shape index (κ3) is 3.62. The van der Waals surface area contributed by atoms with Crippen LogP contribution in [0.25, 0.3) is 0 Å². The van der Waals surface area contributed by atoms with Crippen LogP contribution in [0.15, 0.2) is 72.8 Å². The van der Waals surface area contributed by atoms with E-state index in [0.717, 1.165) is 33.9 Å². The average molecular weight is 362 g/mol. The highest BCUT2D eigenvalue weighted by Gasteiger charge is 2.35. The summed E-state index contributed by atoms with van der Waals surface area (Å²) >= 11 is 0. The number of rotatable bonds is 6. The Bertz CT molecular complexity index is 890. The van der Waals surface area contributed by atoms with Crippen molar-refractivity contribution in [1.82, 2.24) is 0 Å². The molecule has 0 bridgehead atoms. The minimum atomic E-state index is -0.222. The van der Waals surface area contributed by atoms with Crippen molar-refractivity contribution in [3.8, 4) is 17.2 Å². The molecule has 27 heavy (non-hydrogen) atoms. The molecule has 3 aromatic rings. The van der Waals surface area contributed by atoms with Crippen LogP contribution < -0.4 is 14.2 Å². The first-order valence-corrected chi connectivity index (χ1v) is 9.00. The summed E-state index contributed by atoms with van der Waals surface area (Å²) in [5.41, 5.74) is 3.10. The number of methoxy groups -OCH3 is 1. The molecule has 1 heterocycles. The van der Waals surface area contributed by atoms with E-state index in [0.29, 0.717) is 6.61 Å². The van der Waals surface area contributed by atoms with Gasteiger partial charge in [0.05, 0.1) is 19.6 Å². The molecule has 0 spiro atoms. The summed E-state index contributed by atoms with van der Waals surface area (Å²) in [6.07, 6.45) is -0.222. The topological polar surface area (TPSA) is 47.9 Å². The van der Waals surface area contributed by atoms with Gasteiger partial charge < -0.3 is 19.3 Å². The second kappa shape index (κ2) is 7.72. The molecule has 0 unspecified atom stereocenters. The zero-order valence-corrected chi connectivity index (χ0v) is 15.2. The Hall–Kier alpha value is -2.98. The number of hydrogen-bond donors (Lipinski definition) is 1. The number of benzene rings is 3. The molecule has 0 saturated heterocycles. The van der Waals surface area contributed by atoms with Crippen molar-refractivity contribution in [3.63, 3.8) is 0 Å². The van der Waals surface area contributed by atoms with E-state index in [1.807, 2.05) is 72.8 Å². The van der Waals surface area contributed by atoms with Crippen molar-refractivity contribution in [2.24, 2.45) is 0 Å². The minimum Gasteiger partial charge on any atom is -0.497 e. The van der Waals surface area contributed by atoms with Gasteiger partial charge in [-0.05, 0) is 41.5 Å². The zero-order valence-electron chi connectivity index (χ0n) is 15.2. The molecule has 4 nitrogen and oxygen atoms in total. The van der Waals surface area contributed by atoms with E-state index >= 15 is 0 Å². The fourth-order valence-corrected chi connectivity index (χ4v) is 3.42. The molecule has 0 aromatic heterocycles. The molecule has 1 aliphatic rings. The molecule has 0 fully saturated rings. The Morgan fingerprint density at radius 2 is 1.67 bits per heavy atom. The van der Waals surface area contributed by atoms with Gasteiger partial charge in [-0.3, -0.25) is 0 Å². The minimum absolute atomic E-state index is 0.00579. The summed E-state index contributed by atoms with van der Waals surface area (Å²) < 4.78 is 17.3. The maximum Gasteiger partial charge on any atom is 0.133 e. The third-order valence-electron chi connectivity index (χ3n) is 4.89. The van der Waals surface area contributed by atoms with Crippen LogP contribution in [0.4, 0.5) is 0 Å². The van der Waals surface area contributed by atoms with Crippen molar-refractivity contribution in [2.45, 2.75) is 18.6 Å². The van der Waals surface area contributed by atoms with Gasteiger partial charge in [-0.2, -0.15) is 0 Å². The molecule has 4 rings (SSSR count). The first-order valence-electron chi connectivity index (χ1n) is 9.00. The van der Waals surface area contributed by atoms with Crippen LogP contribution >= 0.6 is 0 Å². The molecule has 1 N–H and O–H groups in total. The maximum atomic E-state index is 10.00. The number of aliphatic hydroxyl groups is 1. The van der Waals surface area contributed by atoms with Crippen molar-refractivity contribution >= 4 is 0 Å². The molecule has 0 amide bonds. The van der Waals surface area contributed by atoms with Gasteiger partial charge in [0.2, 0.25) is 0 Å². The molecule has 0 aliphatic carbocycles. The Balaban J connectivity index is 1.53. The van der Waals surface area contributed by atoms with Gasteiger partial charge in [0.1, 0.15) is 30.0 Å². The molecular formula is C23H22O4. The summed E-state index contributed by atoms with van der Waals surface area (Å²) in [6.45, 7) is 0.512. The second-order valence-corrected chi connectivity index (χ2v) is 6.57. The largest absolute Gasteiger partial charge is 0.497 e. The first kappa shape index (κ1) is 17.4. The van der Waals surface area contributed by atoms with Gasteiger partial charge in [-0.15, -0.1) is 0 Å². The van der Waals surface area contributed by atoms with Crippen LogP contribution in [0.1, 0.15) is 28.7 Å². The van der Waals surface area contributed by atoms with Crippen LogP contribution in [0.5, 0.6) is 17.2 Å². The van der Waals surface area contributed by atoms with Gasteiger partial charge in [-0.25, -0.2) is 0 Å². The Morgan fingerprint density at radius 1 is 0.926 bits per heavy atom. The van der Waals surface area contributed by atoms with Crippen molar-refractivity contribution < 1.29 is 19.3 Å². The van der Waals surface area contributed by atoms with Gasteiger partial charge in [-0.1, -0.05) is 42.5 Å². The number of fused-ring (bicyclic) bond motifs is 1. The van der Waals surface area contributed by atoms with E-state index in [2.05, 4.69) is 0 Å². The average Bonchev–Trinajstić information content (AvgIpc) is 3.11. The van der Waals surface area contributed by atoms with Crippen molar-refractivity contribution in [2.75, 3.05) is 13.7 Å². The predicted octanol–water partition coefficient (Wildman–Crippen LogP) is 4.48. The van der Waals surface area contributed by atoms with Crippen LogP contribution in [-0.2, 0) is 6.61 Å². The molecule has 1 aliphatic heterocycles. The lowest BCUT2D eigenvalue weighted by Crippen LogP contribution is -2.13. The van der Waals surface area contributed by atoms with E-state index < -0.39 is 0 Å². The van der Waals surface area contributed by atoms with E-state index in [4.69, 9.17) is 14.2 Å². The smallest absolute Gasteiger partial charge is 0.133 e. The normalized spacial score (nSPS) is 17.9. The molecule has 2 atom stereocenters. The second-order valence-electron chi connectivity index (χ2n) is 6.57. The SMILES string of the molecule is COc1ccc([C@@H]2Oc3ccc(OCc4ccccc4)cc3[C@H]2CO)cc1. The highest BCUT2D eigenvalue weighted by Crippen LogP contribution is 2.47. The predicted molar refractivity (Wildman–Crippen MR) is 103 cm³/mol. The van der Waals surface area contributed by atoms with Crippen molar-refractivity contribution in [3.05, 3.63) is 89.5 Å². The number of aliphatic hydroxyl groups excluding tert-OH is 1.